The molecule has 7 heterocycles. The zero-order valence-electron chi connectivity index (χ0n) is 52.8. The summed E-state index contributed by atoms with van der Waals surface area (Å²) in [5, 5.41) is 8.81. The molecule has 0 bridgehead atoms. The van der Waals surface area contributed by atoms with Crippen LogP contribution in [-0.2, 0) is 26.5 Å². The van der Waals surface area contributed by atoms with Crippen molar-refractivity contribution in [3.63, 3.8) is 0 Å². The number of fused-ring (bicyclic) bond motifs is 19. The van der Waals surface area contributed by atoms with Crippen molar-refractivity contribution in [1.29, 1.82) is 0 Å². The number of pyridine rings is 1. The molecule has 6 aromatic heterocycles. The van der Waals surface area contributed by atoms with Gasteiger partial charge in [0.25, 0.3) is 6.33 Å². The van der Waals surface area contributed by atoms with E-state index in [1.165, 1.54) is 16.3 Å². The maximum absolute atomic E-state index is 7.00. The Bertz CT molecular complexity index is 6450. The van der Waals surface area contributed by atoms with Gasteiger partial charge in [-0.3, -0.25) is 4.57 Å². The standard InChI is InChI=1S/C88H55N5O3.Pt/c1-88(2,3)57-42-43-89-85(49-57)93-77-30-13-8-24-66(77)67-39-37-60(51-79(67)93)94-59-19-16-18-58(50-59)90-52-91-86-70(27-17-31-78(86)92-75-28-11-6-22-64(75)65-23-7-12-29-76(65)92)71-44-53(54-35-40-83-72(45-54)68-25-9-14-32-81(68)95-83)34-38-63(71)61-20-4-5-21-62(61)74-47-56(48-80(90)87(74)91)55-36-41-84-73(46-55)69-26-10-15-33-82(69)96-84;/h4-49H,1-3H3;/q-2;. The van der Waals surface area contributed by atoms with E-state index in [0.29, 0.717) is 11.5 Å². The van der Waals surface area contributed by atoms with E-state index in [2.05, 4.69) is 288 Å². The summed E-state index contributed by atoms with van der Waals surface area (Å²) in [7, 11) is 0. The van der Waals surface area contributed by atoms with E-state index in [9.17, 15) is 0 Å². The van der Waals surface area contributed by atoms with Gasteiger partial charge in [0.05, 0.1) is 33.4 Å². The molecule has 0 spiro atoms. The monoisotopic (exact) mass is 1420 g/mol. The third-order valence-electron chi connectivity index (χ3n) is 19.7. The van der Waals surface area contributed by atoms with Gasteiger partial charge in [0, 0.05) is 76.6 Å². The van der Waals surface area contributed by atoms with Crippen molar-refractivity contribution in [2.24, 2.45) is 0 Å². The molecular weight excluding hydrogens is 1370 g/mol. The maximum atomic E-state index is 7.00. The Hall–Kier alpha value is -11.8. The van der Waals surface area contributed by atoms with E-state index >= 15 is 0 Å². The second-order valence-electron chi connectivity index (χ2n) is 26.2. The second-order valence-corrected chi connectivity index (χ2v) is 26.2. The molecule has 0 atom stereocenters. The molecule has 0 radical (unpaired) electrons. The van der Waals surface area contributed by atoms with Crippen molar-refractivity contribution in [3.8, 4) is 90.0 Å². The molecule has 0 aliphatic carbocycles. The quantitative estimate of drug-likeness (QED) is 0.118. The van der Waals surface area contributed by atoms with Gasteiger partial charge in [-0.25, -0.2) is 4.98 Å². The molecule has 1 aliphatic heterocycles. The predicted molar refractivity (Wildman–Crippen MR) is 388 cm³/mol. The van der Waals surface area contributed by atoms with Gasteiger partial charge in [0.15, 0.2) is 0 Å². The topological polar surface area (TPSA) is 67.1 Å². The van der Waals surface area contributed by atoms with Crippen molar-refractivity contribution in [1.82, 2.24) is 18.7 Å². The van der Waals surface area contributed by atoms with Gasteiger partial charge in [-0.2, -0.15) is 18.2 Å². The first-order valence-corrected chi connectivity index (χ1v) is 32.6. The molecule has 8 nitrogen and oxygen atoms in total. The van der Waals surface area contributed by atoms with Crippen LogP contribution in [-0.4, -0.2) is 18.7 Å². The minimum Gasteiger partial charge on any atom is -0.510 e. The fourth-order valence-electron chi connectivity index (χ4n) is 15.2. The fourth-order valence-corrected chi connectivity index (χ4v) is 15.2. The number of hydrogen-bond donors (Lipinski definition) is 0. The summed E-state index contributed by atoms with van der Waals surface area (Å²) >= 11 is 0. The SMILES string of the molecule is CC(C)(C)c1ccnc(-n2c3[c-]c(Oc4[c-]c(-n5[c-][n+]6c7c(cc(-c8ccc9oc%10ccccc%10c9c8)cc75)-c5ccccc5-c5ccc(-c7ccc8oc9ccccc9c8c7)cc5-c5cccc(-n7c8ccccc8c8ccccc87)c5-6)ccc4)ccc3c3ccccc32)c1.[Pt]. The fraction of sp³-hybridized carbons (Fsp3) is 0.0455. The Morgan fingerprint density at radius 1 is 0.392 bits per heavy atom. The van der Waals surface area contributed by atoms with Crippen LogP contribution in [0.4, 0.5) is 0 Å². The van der Waals surface area contributed by atoms with E-state index in [-0.39, 0.29) is 26.5 Å². The van der Waals surface area contributed by atoms with Gasteiger partial charge >= 0.3 is 0 Å². The molecule has 13 aromatic carbocycles. The summed E-state index contributed by atoms with van der Waals surface area (Å²) < 4.78 is 29.0. The molecule has 0 amide bonds. The molecule has 462 valence electrons. The van der Waals surface area contributed by atoms with Crippen molar-refractivity contribution in [2.45, 2.75) is 26.2 Å². The van der Waals surface area contributed by atoms with Crippen LogP contribution in [0.3, 0.4) is 0 Å². The van der Waals surface area contributed by atoms with Crippen molar-refractivity contribution in [3.05, 3.63) is 303 Å². The van der Waals surface area contributed by atoms with E-state index < -0.39 is 0 Å². The minimum atomic E-state index is -0.0776. The molecule has 0 fully saturated rings. The zero-order valence-corrected chi connectivity index (χ0v) is 55.1. The minimum absolute atomic E-state index is 0. The Labute approximate surface area is 572 Å². The van der Waals surface area contributed by atoms with E-state index in [1.807, 2.05) is 48.7 Å². The Morgan fingerprint density at radius 3 is 1.62 bits per heavy atom. The summed E-state index contributed by atoms with van der Waals surface area (Å²) in [5.41, 5.74) is 23.9. The number of furan rings is 2. The predicted octanol–water partition coefficient (Wildman–Crippen LogP) is 22.4. The van der Waals surface area contributed by atoms with Crippen molar-refractivity contribution < 1.29 is 39.2 Å². The summed E-state index contributed by atoms with van der Waals surface area (Å²) in [6.07, 6.45) is 6.04. The first-order valence-electron chi connectivity index (χ1n) is 32.6. The van der Waals surface area contributed by atoms with Crippen LogP contribution in [0, 0.1) is 18.5 Å². The number of benzene rings is 13. The van der Waals surface area contributed by atoms with Gasteiger partial charge in [-0.05, 0) is 163 Å². The first-order chi connectivity index (χ1) is 47.2. The normalized spacial score (nSPS) is 12.2. The average Bonchev–Trinajstić information content (AvgIpc) is 1.58. The molecule has 1 aliphatic rings. The summed E-state index contributed by atoms with van der Waals surface area (Å²) in [5.74, 6) is 1.90. The number of rotatable bonds is 7. The van der Waals surface area contributed by atoms with Crippen LogP contribution in [0.1, 0.15) is 26.3 Å². The van der Waals surface area contributed by atoms with Crippen molar-refractivity contribution in [2.75, 3.05) is 0 Å². The molecule has 19 aromatic rings. The van der Waals surface area contributed by atoms with Gasteiger partial charge in [0.1, 0.15) is 28.1 Å². The third kappa shape index (κ3) is 8.80. The average molecular weight is 1430 g/mol. The summed E-state index contributed by atoms with van der Waals surface area (Å²) in [4.78, 5) is 4.96. The van der Waals surface area contributed by atoms with Crippen molar-refractivity contribution >= 4 is 98.5 Å². The Balaban J connectivity index is 0.00000661. The van der Waals surface area contributed by atoms with Crippen LogP contribution < -0.4 is 9.30 Å². The molecule has 97 heavy (non-hydrogen) atoms. The largest absolute Gasteiger partial charge is 0.510 e. The molecule has 0 saturated heterocycles. The van der Waals surface area contributed by atoms with Crippen LogP contribution >= 0.6 is 0 Å². The zero-order chi connectivity index (χ0) is 63.5. The van der Waals surface area contributed by atoms with Crippen LogP contribution in [0.15, 0.2) is 288 Å². The third-order valence-corrected chi connectivity index (χ3v) is 19.7. The van der Waals surface area contributed by atoms with Gasteiger partial charge in [-0.1, -0.05) is 184 Å². The number of aromatic nitrogens is 5. The number of nitrogens with zero attached hydrogens (tertiary/aromatic N) is 5. The Morgan fingerprint density at radius 2 is 0.928 bits per heavy atom. The first kappa shape index (κ1) is 56.7. The van der Waals surface area contributed by atoms with E-state index in [0.717, 1.165) is 166 Å². The summed E-state index contributed by atoms with van der Waals surface area (Å²) in [6.45, 7) is 6.70. The van der Waals surface area contributed by atoms with Crippen LogP contribution in [0.5, 0.6) is 11.5 Å². The number of imidazole rings is 1. The van der Waals surface area contributed by atoms with E-state index in [4.69, 9.17) is 18.6 Å². The second kappa shape index (κ2) is 21.6. The summed E-state index contributed by atoms with van der Waals surface area (Å²) in [6, 6.07) is 105. The van der Waals surface area contributed by atoms with Crippen LogP contribution in [0.2, 0.25) is 0 Å². The van der Waals surface area contributed by atoms with Gasteiger partial charge in [0.2, 0.25) is 0 Å². The van der Waals surface area contributed by atoms with Gasteiger partial charge in [-0.15, -0.1) is 29.7 Å². The van der Waals surface area contributed by atoms with Crippen LogP contribution in [0.25, 0.3) is 177 Å². The number of ether oxygens (including phenoxy) is 1. The number of para-hydroxylation sites is 6. The molecule has 0 unspecified atom stereocenters. The van der Waals surface area contributed by atoms with Gasteiger partial charge < -0.3 is 27.3 Å². The number of hydrogen-bond acceptors (Lipinski definition) is 4. The molecular formula is C88H55N5O3Pt-2. The molecule has 0 saturated carbocycles. The van der Waals surface area contributed by atoms with E-state index in [1.54, 1.807) is 0 Å². The Kier molecular flexibility index (Phi) is 12.6. The molecule has 0 N–H and O–H groups in total. The molecule has 20 rings (SSSR count). The maximum Gasteiger partial charge on any atom is 0.268 e. The smallest absolute Gasteiger partial charge is 0.268 e. The molecule has 9 heteroatoms.